The zero-order valence-electron chi connectivity index (χ0n) is 18.0. The average molecular weight is 437 g/mol. The van der Waals surface area contributed by atoms with E-state index >= 15 is 0 Å². The summed E-state index contributed by atoms with van der Waals surface area (Å²) >= 11 is 0. The number of halogens is 1. The van der Waals surface area contributed by atoms with Crippen molar-refractivity contribution in [1.82, 2.24) is 24.5 Å². The van der Waals surface area contributed by atoms with E-state index in [-0.39, 0.29) is 36.6 Å². The summed E-state index contributed by atoms with van der Waals surface area (Å²) in [6, 6.07) is 5.99. The molecule has 3 aromatic rings. The number of carbonyl (C=O) groups is 2. The number of amides is 1. The molecule has 1 fully saturated rings. The van der Waals surface area contributed by atoms with Crippen molar-refractivity contribution in [2.45, 2.75) is 45.6 Å². The number of likely N-dealkylation sites (tertiary alicyclic amines) is 1. The predicted octanol–water partition coefficient (Wildman–Crippen LogP) is 2.70. The summed E-state index contributed by atoms with van der Waals surface area (Å²) in [7, 11) is 0. The minimum absolute atomic E-state index is 0.0183. The van der Waals surface area contributed by atoms with Crippen LogP contribution in [0.3, 0.4) is 0 Å². The van der Waals surface area contributed by atoms with E-state index in [1.165, 1.54) is 18.2 Å². The van der Waals surface area contributed by atoms with Crippen LogP contribution in [0.25, 0.3) is 5.78 Å². The van der Waals surface area contributed by atoms with Crippen molar-refractivity contribution in [3.63, 3.8) is 0 Å². The van der Waals surface area contributed by atoms with Crippen LogP contribution in [0.4, 0.5) is 4.39 Å². The number of ketones is 1. The fourth-order valence-corrected chi connectivity index (χ4v) is 4.63. The molecule has 0 bridgehead atoms. The molecule has 9 heteroatoms. The van der Waals surface area contributed by atoms with Gasteiger partial charge in [-0.2, -0.15) is 4.98 Å². The quantitative estimate of drug-likeness (QED) is 0.626. The van der Waals surface area contributed by atoms with Gasteiger partial charge in [-0.3, -0.25) is 9.59 Å². The van der Waals surface area contributed by atoms with E-state index in [1.807, 2.05) is 24.8 Å². The number of aryl methyl sites for hydroxylation is 2. The number of ether oxygens (including phenoxy) is 1. The summed E-state index contributed by atoms with van der Waals surface area (Å²) in [4.78, 5) is 35.9. The maximum atomic E-state index is 13.4. The maximum absolute atomic E-state index is 13.4. The van der Waals surface area contributed by atoms with E-state index in [2.05, 4.69) is 15.1 Å². The van der Waals surface area contributed by atoms with E-state index in [4.69, 9.17) is 4.74 Å². The van der Waals surface area contributed by atoms with Gasteiger partial charge in [-0.05, 0) is 56.9 Å². The molecule has 1 aromatic carbocycles. The summed E-state index contributed by atoms with van der Waals surface area (Å²) in [6.07, 6.45) is 1.63. The van der Waals surface area contributed by atoms with Gasteiger partial charge >= 0.3 is 0 Å². The van der Waals surface area contributed by atoms with Crippen LogP contribution >= 0.6 is 0 Å². The Hall–Kier alpha value is -3.36. The van der Waals surface area contributed by atoms with Crippen molar-refractivity contribution in [1.29, 1.82) is 0 Å². The Morgan fingerprint density at radius 2 is 1.97 bits per heavy atom. The van der Waals surface area contributed by atoms with Gasteiger partial charge in [-0.1, -0.05) is 0 Å². The van der Waals surface area contributed by atoms with Crippen LogP contribution < -0.4 is 4.74 Å². The maximum Gasteiger partial charge on any atom is 0.252 e. The predicted molar refractivity (Wildman–Crippen MR) is 113 cm³/mol. The first kappa shape index (κ1) is 20.5. The van der Waals surface area contributed by atoms with Crippen LogP contribution in [0.5, 0.6) is 5.75 Å². The third kappa shape index (κ3) is 3.83. The van der Waals surface area contributed by atoms with E-state index in [1.54, 1.807) is 4.52 Å². The van der Waals surface area contributed by atoms with Crippen LogP contribution in [0.1, 0.15) is 46.8 Å². The van der Waals surface area contributed by atoms with Crippen molar-refractivity contribution in [3.05, 3.63) is 52.9 Å². The normalized spacial score (nSPS) is 19.2. The van der Waals surface area contributed by atoms with Crippen molar-refractivity contribution in [2.75, 3.05) is 13.1 Å². The van der Waals surface area contributed by atoms with E-state index in [0.29, 0.717) is 36.0 Å². The number of piperidine rings is 1. The van der Waals surface area contributed by atoms with Crippen LogP contribution in [-0.4, -0.2) is 55.4 Å². The number of Topliss-reactive ketones (excluding diaryl/α,β-unsaturated/α-hetero) is 1. The molecule has 2 aromatic heterocycles. The number of rotatable bonds is 3. The van der Waals surface area contributed by atoms with Crippen molar-refractivity contribution >= 4 is 17.5 Å². The number of aromatic nitrogens is 4. The molecule has 166 valence electrons. The Labute approximate surface area is 184 Å². The molecule has 1 unspecified atom stereocenters. The lowest BCUT2D eigenvalue weighted by atomic mass is 9.86. The minimum atomic E-state index is -0.438. The van der Waals surface area contributed by atoms with Crippen molar-refractivity contribution < 1.29 is 18.7 Å². The number of benzene rings is 1. The second-order valence-electron chi connectivity index (χ2n) is 8.60. The van der Waals surface area contributed by atoms with Crippen LogP contribution in [0, 0.1) is 25.6 Å². The van der Waals surface area contributed by atoms with Crippen LogP contribution in [0.2, 0.25) is 0 Å². The van der Waals surface area contributed by atoms with Crippen molar-refractivity contribution in [2.24, 2.45) is 5.92 Å². The highest BCUT2D eigenvalue weighted by atomic mass is 19.1. The lowest BCUT2D eigenvalue weighted by Crippen LogP contribution is -2.44. The second-order valence-corrected chi connectivity index (χ2v) is 8.60. The Balaban J connectivity index is 1.20. The molecule has 8 nitrogen and oxygen atoms in total. The molecular weight excluding hydrogens is 413 g/mol. The monoisotopic (exact) mass is 437 g/mol. The summed E-state index contributed by atoms with van der Waals surface area (Å²) < 4.78 is 21.1. The molecule has 1 saturated heterocycles. The highest BCUT2D eigenvalue weighted by Gasteiger charge is 2.35. The molecule has 0 aliphatic carbocycles. The molecule has 0 saturated carbocycles. The SMILES string of the molecule is Cc1cc(C)n2nc(CC(=O)N3CCC(C4CC(=O)c5cc(F)ccc5O4)CC3)nc2n1. The summed E-state index contributed by atoms with van der Waals surface area (Å²) in [5.74, 6) is 1.04. The summed E-state index contributed by atoms with van der Waals surface area (Å²) in [5, 5.41) is 4.42. The Morgan fingerprint density at radius 1 is 1.19 bits per heavy atom. The van der Waals surface area contributed by atoms with Gasteiger partial charge in [-0.15, -0.1) is 5.10 Å². The Kier molecular flexibility index (Phi) is 5.11. The molecule has 32 heavy (non-hydrogen) atoms. The number of nitrogens with zero attached hydrogens (tertiary/aromatic N) is 5. The molecule has 0 N–H and O–H groups in total. The molecular formula is C23H24FN5O3. The fraction of sp³-hybridized carbons (Fsp3) is 0.435. The molecule has 2 aliphatic rings. The lowest BCUT2D eigenvalue weighted by Gasteiger charge is -2.37. The Bertz CT molecular complexity index is 1220. The fourth-order valence-electron chi connectivity index (χ4n) is 4.63. The van der Waals surface area contributed by atoms with Gasteiger partial charge in [0.2, 0.25) is 5.91 Å². The van der Waals surface area contributed by atoms with E-state index in [9.17, 15) is 14.0 Å². The van der Waals surface area contributed by atoms with Gasteiger partial charge in [0.25, 0.3) is 5.78 Å². The first-order valence-electron chi connectivity index (χ1n) is 10.8. The third-order valence-electron chi connectivity index (χ3n) is 6.30. The molecule has 0 radical (unpaired) electrons. The standard InChI is InChI=1S/C23H24FN5O3/c1-13-9-14(2)29-23(25-13)26-21(27-29)12-22(31)28-7-5-15(6-8-28)20-11-18(30)17-10-16(24)3-4-19(17)32-20/h3-4,9-10,15,20H,5-8,11-12H2,1-2H3. The number of hydrogen-bond donors (Lipinski definition) is 0. The third-order valence-corrected chi connectivity index (χ3v) is 6.30. The Morgan fingerprint density at radius 3 is 2.75 bits per heavy atom. The topological polar surface area (TPSA) is 89.7 Å². The summed E-state index contributed by atoms with van der Waals surface area (Å²) in [5.41, 5.74) is 2.10. The van der Waals surface area contributed by atoms with Gasteiger partial charge < -0.3 is 9.64 Å². The molecule has 1 amide bonds. The highest BCUT2D eigenvalue weighted by Crippen LogP contribution is 2.34. The highest BCUT2D eigenvalue weighted by molar-refractivity contribution is 5.99. The first-order chi connectivity index (χ1) is 15.4. The summed E-state index contributed by atoms with van der Waals surface area (Å²) in [6.45, 7) is 5.02. The van der Waals surface area contributed by atoms with E-state index < -0.39 is 5.82 Å². The molecule has 0 spiro atoms. The molecule has 5 rings (SSSR count). The smallest absolute Gasteiger partial charge is 0.252 e. The van der Waals surface area contributed by atoms with Crippen LogP contribution in [-0.2, 0) is 11.2 Å². The molecule has 1 atom stereocenters. The van der Waals surface area contributed by atoms with Crippen molar-refractivity contribution in [3.8, 4) is 5.75 Å². The lowest BCUT2D eigenvalue weighted by molar-refractivity contribution is -0.132. The molecule has 2 aliphatic heterocycles. The van der Waals surface area contributed by atoms with Crippen LogP contribution in [0.15, 0.2) is 24.3 Å². The zero-order valence-corrected chi connectivity index (χ0v) is 18.0. The largest absolute Gasteiger partial charge is 0.489 e. The van der Waals surface area contributed by atoms with E-state index in [0.717, 1.165) is 24.2 Å². The number of fused-ring (bicyclic) bond motifs is 2. The number of carbonyl (C=O) groups excluding carboxylic acids is 2. The van der Waals surface area contributed by atoms with Gasteiger partial charge in [0.1, 0.15) is 17.7 Å². The minimum Gasteiger partial charge on any atom is -0.489 e. The van der Waals surface area contributed by atoms with Gasteiger partial charge in [0.05, 0.1) is 12.0 Å². The van der Waals surface area contributed by atoms with Gasteiger partial charge in [0, 0.05) is 30.9 Å². The first-order valence-corrected chi connectivity index (χ1v) is 10.8. The van der Waals surface area contributed by atoms with Gasteiger partial charge in [0.15, 0.2) is 11.6 Å². The number of hydrogen-bond acceptors (Lipinski definition) is 6. The zero-order chi connectivity index (χ0) is 22.4. The second kappa shape index (κ2) is 7.96. The average Bonchev–Trinajstić information content (AvgIpc) is 3.17. The van der Waals surface area contributed by atoms with Gasteiger partial charge in [-0.25, -0.2) is 13.9 Å². The molecule has 4 heterocycles.